The molecule has 0 radical (unpaired) electrons. The maximum atomic E-state index is 11.5. The number of aliphatic carboxylic acids is 1. The predicted octanol–water partition coefficient (Wildman–Crippen LogP) is 0.189. The number of esters is 1. The van der Waals surface area contributed by atoms with Gasteiger partial charge in [-0.05, 0) is 6.92 Å². The molecular formula is C13H17N3O5. The number of hydrogen-bond donors (Lipinski definition) is 1. The fraction of sp³-hybridized carbons (Fsp3) is 0.538. The summed E-state index contributed by atoms with van der Waals surface area (Å²) in [6.45, 7) is 2.87. The summed E-state index contributed by atoms with van der Waals surface area (Å²) in [5, 5.41) is 9.24. The molecule has 21 heavy (non-hydrogen) atoms. The second kappa shape index (κ2) is 6.49. The van der Waals surface area contributed by atoms with Crippen LogP contribution in [0, 0.1) is 5.92 Å². The van der Waals surface area contributed by atoms with Crippen LogP contribution < -0.4 is 4.90 Å². The van der Waals surface area contributed by atoms with E-state index in [2.05, 4.69) is 14.7 Å². The smallest absolute Gasteiger partial charge is 0.358 e. The highest BCUT2D eigenvalue weighted by Crippen LogP contribution is 2.24. The average Bonchev–Trinajstić information content (AvgIpc) is 2.97. The molecular weight excluding hydrogens is 278 g/mol. The van der Waals surface area contributed by atoms with Crippen LogP contribution in [0.3, 0.4) is 0 Å². The Morgan fingerprint density at radius 2 is 2.24 bits per heavy atom. The zero-order valence-corrected chi connectivity index (χ0v) is 11.9. The number of likely N-dealkylation sites (N-methyl/N-ethyl adjacent to an activating group) is 1. The molecule has 2 atom stereocenters. The van der Waals surface area contributed by atoms with E-state index in [9.17, 15) is 14.7 Å². The minimum absolute atomic E-state index is 0.0826. The summed E-state index contributed by atoms with van der Waals surface area (Å²) in [5.74, 6) is -1.69. The Bertz CT molecular complexity index is 536. The Balaban J connectivity index is 2.29. The van der Waals surface area contributed by atoms with E-state index in [0.29, 0.717) is 19.0 Å². The van der Waals surface area contributed by atoms with Crippen LogP contribution in [0.1, 0.15) is 17.4 Å². The molecule has 8 heteroatoms. The zero-order valence-electron chi connectivity index (χ0n) is 11.9. The minimum atomic E-state index is -0.909. The monoisotopic (exact) mass is 295 g/mol. The predicted molar refractivity (Wildman–Crippen MR) is 72.1 cm³/mol. The Labute approximate surface area is 121 Å². The lowest BCUT2D eigenvalue weighted by Crippen LogP contribution is -2.43. The molecule has 1 aliphatic heterocycles. The molecule has 1 saturated heterocycles. The number of hydrogen-bond acceptors (Lipinski definition) is 7. The molecule has 1 N–H and O–H groups in total. The Hall–Kier alpha value is -2.22. The molecule has 8 nitrogen and oxygen atoms in total. The SMILES string of the molecule is CCN(c1cncc(C(=O)OC)n1)C1COCC1C(=O)O. The van der Waals surface area contributed by atoms with E-state index in [4.69, 9.17) is 4.74 Å². The van der Waals surface area contributed by atoms with E-state index in [0.717, 1.165) is 0 Å². The molecule has 114 valence electrons. The van der Waals surface area contributed by atoms with Crippen LogP contribution in [0.2, 0.25) is 0 Å². The van der Waals surface area contributed by atoms with Crippen molar-refractivity contribution in [3.8, 4) is 0 Å². The fourth-order valence-corrected chi connectivity index (χ4v) is 2.35. The van der Waals surface area contributed by atoms with Crippen molar-refractivity contribution in [1.29, 1.82) is 0 Å². The van der Waals surface area contributed by atoms with Crippen LogP contribution in [0.25, 0.3) is 0 Å². The van der Waals surface area contributed by atoms with Gasteiger partial charge in [-0.2, -0.15) is 0 Å². The van der Waals surface area contributed by atoms with E-state index in [1.54, 1.807) is 4.90 Å². The van der Waals surface area contributed by atoms with E-state index in [-0.39, 0.29) is 18.3 Å². The number of nitrogens with zero attached hydrogens (tertiary/aromatic N) is 3. The summed E-state index contributed by atoms with van der Waals surface area (Å²) in [5.41, 5.74) is 0.0826. The number of rotatable bonds is 5. The van der Waals surface area contributed by atoms with Gasteiger partial charge in [0.05, 0.1) is 38.8 Å². The zero-order chi connectivity index (χ0) is 15.4. The molecule has 2 unspecified atom stereocenters. The number of anilines is 1. The largest absolute Gasteiger partial charge is 0.481 e. The van der Waals surface area contributed by atoms with Crippen molar-refractivity contribution in [2.75, 3.05) is 31.8 Å². The normalized spacial score (nSPS) is 21.0. The van der Waals surface area contributed by atoms with Gasteiger partial charge in [-0.1, -0.05) is 0 Å². The second-order valence-electron chi connectivity index (χ2n) is 4.59. The number of carbonyl (C=O) groups is 2. The van der Waals surface area contributed by atoms with Gasteiger partial charge in [0.25, 0.3) is 0 Å². The maximum absolute atomic E-state index is 11.5. The van der Waals surface area contributed by atoms with Gasteiger partial charge >= 0.3 is 11.9 Å². The van der Waals surface area contributed by atoms with Gasteiger partial charge in [0.2, 0.25) is 0 Å². The van der Waals surface area contributed by atoms with Crippen molar-refractivity contribution in [2.45, 2.75) is 13.0 Å². The average molecular weight is 295 g/mol. The quantitative estimate of drug-likeness (QED) is 0.768. The summed E-state index contributed by atoms with van der Waals surface area (Å²) in [6, 6.07) is -0.338. The summed E-state index contributed by atoms with van der Waals surface area (Å²) >= 11 is 0. The van der Waals surface area contributed by atoms with Crippen LogP contribution in [-0.4, -0.2) is 59.9 Å². The topological polar surface area (TPSA) is 102 Å². The van der Waals surface area contributed by atoms with Crippen molar-refractivity contribution >= 4 is 17.8 Å². The summed E-state index contributed by atoms with van der Waals surface area (Å²) in [4.78, 5) is 32.7. The molecule has 2 heterocycles. The Morgan fingerprint density at radius 3 is 2.86 bits per heavy atom. The highest BCUT2D eigenvalue weighted by molar-refractivity contribution is 5.87. The summed E-state index contributed by atoms with van der Waals surface area (Å²) in [7, 11) is 1.26. The molecule has 1 aliphatic rings. The van der Waals surface area contributed by atoms with Crippen molar-refractivity contribution < 1.29 is 24.2 Å². The summed E-state index contributed by atoms with van der Waals surface area (Å²) < 4.78 is 9.88. The number of ether oxygens (including phenoxy) is 2. The molecule has 0 aromatic carbocycles. The van der Waals surface area contributed by atoms with Gasteiger partial charge in [-0.25, -0.2) is 9.78 Å². The molecule has 0 saturated carbocycles. The third kappa shape index (κ3) is 3.10. The van der Waals surface area contributed by atoms with Crippen molar-refractivity contribution in [3.63, 3.8) is 0 Å². The van der Waals surface area contributed by atoms with Crippen LogP contribution >= 0.6 is 0 Å². The van der Waals surface area contributed by atoms with Crippen LogP contribution in [0.4, 0.5) is 5.82 Å². The van der Waals surface area contributed by atoms with Crippen LogP contribution in [0.15, 0.2) is 12.4 Å². The highest BCUT2D eigenvalue weighted by Gasteiger charge is 2.38. The van der Waals surface area contributed by atoms with E-state index < -0.39 is 17.9 Å². The van der Waals surface area contributed by atoms with Gasteiger partial charge in [-0.15, -0.1) is 0 Å². The third-order valence-electron chi connectivity index (χ3n) is 3.42. The molecule has 1 aromatic rings. The first-order chi connectivity index (χ1) is 10.1. The first-order valence-electron chi connectivity index (χ1n) is 6.56. The molecule has 1 fully saturated rings. The number of methoxy groups -OCH3 is 1. The number of carbonyl (C=O) groups excluding carboxylic acids is 1. The molecule has 0 amide bonds. The second-order valence-corrected chi connectivity index (χ2v) is 4.59. The number of carboxylic acids is 1. The lowest BCUT2D eigenvalue weighted by Gasteiger charge is -2.30. The van der Waals surface area contributed by atoms with Gasteiger partial charge in [0.15, 0.2) is 5.69 Å². The van der Waals surface area contributed by atoms with Crippen LogP contribution in [-0.2, 0) is 14.3 Å². The molecule has 0 aliphatic carbocycles. The lowest BCUT2D eigenvalue weighted by molar-refractivity contribution is -0.141. The third-order valence-corrected chi connectivity index (χ3v) is 3.42. The molecule has 1 aromatic heterocycles. The fourth-order valence-electron chi connectivity index (χ4n) is 2.35. The summed E-state index contributed by atoms with van der Waals surface area (Å²) in [6.07, 6.45) is 2.80. The van der Waals surface area contributed by atoms with E-state index >= 15 is 0 Å². The first kappa shape index (κ1) is 15.2. The minimum Gasteiger partial charge on any atom is -0.481 e. The first-order valence-corrected chi connectivity index (χ1v) is 6.56. The molecule has 0 bridgehead atoms. The highest BCUT2D eigenvalue weighted by atomic mass is 16.5. The molecule has 2 rings (SSSR count). The Kier molecular flexibility index (Phi) is 4.69. The lowest BCUT2D eigenvalue weighted by atomic mass is 10.0. The maximum Gasteiger partial charge on any atom is 0.358 e. The number of aromatic nitrogens is 2. The van der Waals surface area contributed by atoms with E-state index in [1.165, 1.54) is 19.5 Å². The van der Waals surface area contributed by atoms with Gasteiger partial charge in [0.1, 0.15) is 11.7 Å². The van der Waals surface area contributed by atoms with Crippen molar-refractivity contribution in [1.82, 2.24) is 9.97 Å². The van der Waals surface area contributed by atoms with E-state index in [1.807, 2.05) is 6.92 Å². The van der Waals surface area contributed by atoms with Gasteiger partial charge in [0, 0.05) is 6.54 Å². The standard InChI is InChI=1S/C13H17N3O5/c1-3-16(10-7-21-6-8(10)12(17)18)11-5-14-4-9(15-11)13(19)20-2/h4-5,8,10H,3,6-7H2,1-2H3,(H,17,18). The van der Waals surface area contributed by atoms with Crippen molar-refractivity contribution in [3.05, 3.63) is 18.1 Å². The van der Waals surface area contributed by atoms with Gasteiger partial charge < -0.3 is 19.5 Å². The van der Waals surface area contributed by atoms with Crippen molar-refractivity contribution in [2.24, 2.45) is 5.92 Å². The molecule has 0 spiro atoms. The van der Waals surface area contributed by atoms with Gasteiger partial charge in [-0.3, -0.25) is 9.78 Å². The Morgan fingerprint density at radius 1 is 1.48 bits per heavy atom. The number of carboxylic acid groups (broad SMARTS) is 1. The van der Waals surface area contributed by atoms with Crippen LogP contribution in [0.5, 0.6) is 0 Å².